The lowest BCUT2D eigenvalue weighted by molar-refractivity contribution is -0.207. The lowest BCUT2D eigenvalue weighted by Crippen LogP contribution is -2.70. The van der Waals surface area contributed by atoms with E-state index < -0.39 is 24.2 Å². The van der Waals surface area contributed by atoms with E-state index in [1.54, 1.807) is 6.92 Å². The van der Waals surface area contributed by atoms with Gasteiger partial charge in [-0.15, -0.1) is 11.8 Å². The Morgan fingerprint density at radius 1 is 1.10 bits per heavy atom. The molecule has 4 aliphatic carbocycles. The van der Waals surface area contributed by atoms with Crippen molar-refractivity contribution < 1.29 is 34.8 Å². The van der Waals surface area contributed by atoms with Gasteiger partial charge in [-0.2, -0.15) is 0 Å². The lowest BCUT2D eigenvalue weighted by Gasteiger charge is -2.63. The number of carbonyl (C=O) groups is 3. The number of nitrogens with one attached hydrogen (secondary N) is 1. The summed E-state index contributed by atoms with van der Waals surface area (Å²) < 4.78 is 0. The zero-order valence-corrected chi connectivity index (χ0v) is 26.1. The van der Waals surface area contributed by atoms with E-state index in [1.165, 1.54) is 16.7 Å². The molecule has 4 unspecified atom stereocenters. The van der Waals surface area contributed by atoms with Crippen molar-refractivity contribution in [1.29, 1.82) is 0 Å². The highest BCUT2D eigenvalue weighted by molar-refractivity contribution is 8.00. The van der Waals surface area contributed by atoms with E-state index >= 15 is 0 Å². The standard InChI is InChI=1S/C32H48N2O7S/c1-15(5-8-24(38)33-26-28(39)34-27(30(40)41)16(2)14-42-29(26)34)19-6-7-20-25-21(13-23(37)32(19,20)4)31(3)10-9-18(35)11-17(31)12-22(25)36/h15,17-23,25-26,29,35-37H,5-14H2,1-4H3,(H,33,38)(H,40,41)/t15-,17+,18-,19-,20+,21+,22?,23+,25?,26?,29?,31+,32-/m1/s1. The van der Waals surface area contributed by atoms with Gasteiger partial charge in [0, 0.05) is 12.2 Å². The first-order valence-electron chi connectivity index (χ1n) is 16.0. The van der Waals surface area contributed by atoms with E-state index in [0.29, 0.717) is 30.1 Å². The smallest absolute Gasteiger partial charge is 0.352 e. The van der Waals surface area contributed by atoms with Crippen LogP contribution in [0.25, 0.3) is 0 Å². The third-order valence-corrected chi connectivity index (χ3v) is 14.4. The highest BCUT2D eigenvalue weighted by Gasteiger charge is 2.65. The molecule has 13 atom stereocenters. The molecule has 0 aromatic rings. The van der Waals surface area contributed by atoms with Gasteiger partial charge in [0.15, 0.2) is 0 Å². The number of carboxylic acid groups (broad SMARTS) is 1. The fraction of sp³-hybridized carbons (Fsp3) is 0.844. The first-order valence-corrected chi connectivity index (χ1v) is 17.0. The first-order chi connectivity index (χ1) is 19.8. The quantitative estimate of drug-likeness (QED) is 0.291. The number of hydrogen-bond donors (Lipinski definition) is 5. The minimum Gasteiger partial charge on any atom is -0.477 e. The number of hydrogen-bond acceptors (Lipinski definition) is 7. The second-order valence-corrected chi connectivity index (χ2v) is 16.0. The molecule has 9 nitrogen and oxygen atoms in total. The molecule has 6 rings (SSSR count). The monoisotopic (exact) mass is 604 g/mol. The van der Waals surface area contributed by atoms with Crippen molar-refractivity contribution in [1.82, 2.24) is 10.2 Å². The van der Waals surface area contributed by atoms with Gasteiger partial charge in [0.05, 0.1) is 18.3 Å². The van der Waals surface area contributed by atoms with Crippen molar-refractivity contribution in [2.24, 2.45) is 46.3 Å². The van der Waals surface area contributed by atoms with Crippen LogP contribution >= 0.6 is 11.8 Å². The van der Waals surface area contributed by atoms with Gasteiger partial charge in [-0.05, 0) is 110 Å². The van der Waals surface area contributed by atoms with Crippen LogP contribution in [-0.2, 0) is 14.4 Å². The number of amides is 2. The second kappa shape index (κ2) is 10.8. The lowest BCUT2D eigenvalue weighted by atomic mass is 9.43. The predicted molar refractivity (Wildman–Crippen MR) is 158 cm³/mol. The molecule has 234 valence electrons. The Balaban J connectivity index is 1.09. The molecule has 10 heteroatoms. The Morgan fingerprint density at radius 3 is 2.55 bits per heavy atom. The highest BCUT2D eigenvalue weighted by atomic mass is 32.2. The number of thioether (sulfide) groups is 1. The second-order valence-electron chi connectivity index (χ2n) is 14.9. The van der Waals surface area contributed by atoms with E-state index in [0.717, 1.165) is 38.5 Å². The summed E-state index contributed by atoms with van der Waals surface area (Å²) in [6, 6.07) is -0.704. The minimum absolute atomic E-state index is 0.0360. The Labute approximate surface area is 252 Å². The van der Waals surface area contributed by atoms with Crippen molar-refractivity contribution >= 4 is 29.5 Å². The number of nitrogens with zero attached hydrogens (tertiary/aromatic N) is 1. The van der Waals surface area contributed by atoms with Crippen molar-refractivity contribution in [2.45, 2.75) is 115 Å². The average molecular weight is 605 g/mol. The van der Waals surface area contributed by atoms with E-state index in [-0.39, 0.29) is 75.8 Å². The van der Waals surface area contributed by atoms with E-state index in [4.69, 9.17) is 0 Å². The van der Waals surface area contributed by atoms with Gasteiger partial charge in [0.1, 0.15) is 17.1 Å². The molecule has 0 aromatic carbocycles. The fourth-order valence-electron chi connectivity index (χ4n) is 10.7. The largest absolute Gasteiger partial charge is 0.477 e. The van der Waals surface area contributed by atoms with Crippen molar-refractivity contribution in [2.75, 3.05) is 5.75 Å². The number of carbonyl (C=O) groups excluding carboxylic acids is 2. The SMILES string of the molecule is CC1=C(C(=O)O)N2C(=O)C(NC(=O)CC[C@@H](C)[C@H]3CC[C@H]4C5C(O)C[C@@H]6C[C@H](O)CC[C@]6(C)[C@H]5C[C@H](O)[C@]34C)C2SC1. The number of aliphatic hydroxyl groups is 3. The number of carboxylic acids is 1. The summed E-state index contributed by atoms with van der Waals surface area (Å²) in [4.78, 5) is 38.8. The first kappa shape index (κ1) is 30.4. The van der Waals surface area contributed by atoms with Crippen LogP contribution in [-0.4, -0.2) is 78.6 Å². The molecule has 0 spiro atoms. The topological polar surface area (TPSA) is 147 Å². The van der Waals surface area contributed by atoms with Crippen molar-refractivity contribution in [3.05, 3.63) is 11.3 Å². The molecule has 5 fully saturated rings. The molecule has 0 aromatic heterocycles. The maximum atomic E-state index is 13.0. The summed E-state index contributed by atoms with van der Waals surface area (Å²) in [5.41, 5.74) is 0.407. The number of rotatable bonds is 6. The fourth-order valence-corrected chi connectivity index (χ4v) is 12.0. The van der Waals surface area contributed by atoms with E-state index in [9.17, 15) is 34.8 Å². The molecule has 6 aliphatic rings. The highest BCUT2D eigenvalue weighted by Crippen LogP contribution is 2.68. The van der Waals surface area contributed by atoms with Crippen LogP contribution in [0.1, 0.15) is 85.5 Å². The average Bonchev–Trinajstić information content (AvgIpc) is 3.30. The normalized spacial score (nSPS) is 47.0. The van der Waals surface area contributed by atoms with Crippen LogP contribution in [0.2, 0.25) is 0 Å². The Morgan fingerprint density at radius 2 is 1.83 bits per heavy atom. The predicted octanol–water partition coefficient (Wildman–Crippen LogP) is 3.12. The van der Waals surface area contributed by atoms with Crippen LogP contribution in [0.15, 0.2) is 11.3 Å². The molecule has 0 bridgehead atoms. The molecule has 2 aliphatic heterocycles. The number of β-lactam (4-membered cyclic amide) rings is 1. The van der Waals surface area contributed by atoms with Gasteiger partial charge in [-0.25, -0.2) is 4.79 Å². The van der Waals surface area contributed by atoms with E-state index in [2.05, 4.69) is 26.1 Å². The molecule has 0 radical (unpaired) electrons. The van der Waals surface area contributed by atoms with Gasteiger partial charge < -0.3 is 25.7 Å². The summed E-state index contributed by atoms with van der Waals surface area (Å²) in [6.07, 6.45) is 5.60. The molecule has 4 saturated carbocycles. The summed E-state index contributed by atoms with van der Waals surface area (Å²) >= 11 is 1.48. The van der Waals surface area contributed by atoms with Gasteiger partial charge in [0.25, 0.3) is 5.91 Å². The third-order valence-electron chi connectivity index (χ3n) is 13.0. The van der Waals surface area contributed by atoms with Crippen LogP contribution in [0.4, 0.5) is 0 Å². The summed E-state index contributed by atoms with van der Waals surface area (Å²) in [5, 5.41) is 45.7. The third kappa shape index (κ3) is 4.48. The summed E-state index contributed by atoms with van der Waals surface area (Å²) in [5.74, 6) is 0.187. The molecular weight excluding hydrogens is 556 g/mol. The Kier molecular flexibility index (Phi) is 7.80. The molecular formula is C32H48N2O7S. The summed E-state index contributed by atoms with van der Waals surface area (Å²) in [6.45, 7) is 8.45. The number of aliphatic carboxylic acids is 1. The molecule has 1 saturated heterocycles. The van der Waals surface area contributed by atoms with Crippen molar-refractivity contribution in [3.8, 4) is 0 Å². The summed E-state index contributed by atoms with van der Waals surface area (Å²) in [7, 11) is 0. The molecule has 2 heterocycles. The van der Waals surface area contributed by atoms with Crippen LogP contribution < -0.4 is 5.32 Å². The van der Waals surface area contributed by atoms with Gasteiger partial charge in [0.2, 0.25) is 5.91 Å². The van der Waals surface area contributed by atoms with Gasteiger partial charge >= 0.3 is 5.97 Å². The van der Waals surface area contributed by atoms with Crippen LogP contribution in [0.5, 0.6) is 0 Å². The van der Waals surface area contributed by atoms with Crippen LogP contribution in [0, 0.1) is 46.3 Å². The Hall–Kier alpha value is -1.62. The maximum absolute atomic E-state index is 13.0. The maximum Gasteiger partial charge on any atom is 0.352 e. The van der Waals surface area contributed by atoms with Gasteiger partial charge in [-0.3, -0.25) is 14.5 Å². The molecule has 2 amide bonds. The molecule has 5 N–H and O–H groups in total. The van der Waals surface area contributed by atoms with Crippen molar-refractivity contribution in [3.63, 3.8) is 0 Å². The Bertz CT molecular complexity index is 1180. The number of aliphatic hydroxyl groups excluding tert-OH is 3. The zero-order chi connectivity index (χ0) is 30.3. The number of fused-ring (bicyclic) bond motifs is 6. The zero-order valence-electron chi connectivity index (χ0n) is 25.3. The minimum atomic E-state index is -1.11. The van der Waals surface area contributed by atoms with E-state index in [1.807, 2.05) is 0 Å². The molecule has 42 heavy (non-hydrogen) atoms. The van der Waals surface area contributed by atoms with Crippen LogP contribution in [0.3, 0.4) is 0 Å². The van der Waals surface area contributed by atoms with Gasteiger partial charge in [-0.1, -0.05) is 20.8 Å².